The zero-order valence-corrected chi connectivity index (χ0v) is 21.9. The van der Waals surface area contributed by atoms with E-state index >= 15 is 0 Å². The Labute approximate surface area is 209 Å². The first-order chi connectivity index (χ1) is 16.3. The molecule has 35 heavy (non-hydrogen) atoms. The van der Waals surface area contributed by atoms with Crippen molar-refractivity contribution in [3.8, 4) is 11.5 Å². The molecular formula is C26H44N4O5. The molecule has 9 heteroatoms. The largest absolute Gasteiger partial charge is 0.504 e. The van der Waals surface area contributed by atoms with E-state index in [9.17, 15) is 24.6 Å². The lowest BCUT2D eigenvalue weighted by Crippen LogP contribution is -2.56. The standard InChI is InChI=1S/C26H44N4O5/c1-15(2)11-19(27)24(33)29-21(13-17(5)6)26(35)30-20(12-16(3)4)25(34)28-10-9-18-7-8-22(31)23(32)14-18/h7-8,14-17,19-21,31-32H,9-13,27H2,1-6H3,(H,28,34)(H,29,33)(H,30,35)/t19-,20+,21+/m1/s1. The maximum absolute atomic E-state index is 13.1. The average molecular weight is 493 g/mol. The number of nitrogens with two attached hydrogens (primary N) is 1. The molecule has 0 saturated heterocycles. The zero-order chi connectivity index (χ0) is 26.7. The molecule has 9 nitrogen and oxygen atoms in total. The normalized spacial score (nSPS) is 14.0. The summed E-state index contributed by atoms with van der Waals surface area (Å²) in [6, 6.07) is 2.25. The molecule has 0 spiro atoms. The Kier molecular flexibility index (Phi) is 12.6. The Morgan fingerprint density at radius 3 is 1.80 bits per heavy atom. The van der Waals surface area contributed by atoms with Crippen molar-refractivity contribution in [2.45, 2.75) is 85.4 Å². The molecule has 1 aromatic carbocycles. The van der Waals surface area contributed by atoms with Crippen molar-refractivity contribution >= 4 is 17.7 Å². The van der Waals surface area contributed by atoms with E-state index in [1.165, 1.54) is 12.1 Å². The second-order valence-corrected chi connectivity index (χ2v) is 10.5. The van der Waals surface area contributed by atoms with E-state index in [4.69, 9.17) is 5.73 Å². The van der Waals surface area contributed by atoms with E-state index in [1.807, 2.05) is 41.5 Å². The van der Waals surface area contributed by atoms with Crippen LogP contribution in [0.4, 0.5) is 0 Å². The highest BCUT2D eigenvalue weighted by Crippen LogP contribution is 2.24. The topological polar surface area (TPSA) is 154 Å². The summed E-state index contributed by atoms with van der Waals surface area (Å²) in [7, 11) is 0. The molecule has 0 aliphatic rings. The molecule has 0 aliphatic carbocycles. The van der Waals surface area contributed by atoms with Crippen LogP contribution in [0.15, 0.2) is 18.2 Å². The maximum Gasteiger partial charge on any atom is 0.243 e. The second kappa shape index (κ2) is 14.6. The van der Waals surface area contributed by atoms with Crippen LogP contribution in [0.1, 0.15) is 66.4 Å². The van der Waals surface area contributed by atoms with Gasteiger partial charge in [0.2, 0.25) is 17.7 Å². The first-order valence-electron chi connectivity index (χ1n) is 12.4. The Morgan fingerprint density at radius 2 is 1.29 bits per heavy atom. The summed E-state index contributed by atoms with van der Waals surface area (Å²) in [5.41, 5.74) is 6.75. The number of carbonyl (C=O) groups is 3. The highest BCUT2D eigenvalue weighted by molar-refractivity contribution is 5.93. The minimum Gasteiger partial charge on any atom is -0.504 e. The van der Waals surface area contributed by atoms with Gasteiger partial charge in [-0.3, -0.25) is 14.4 Å². The third kappa shape index (κ3) is 11.4. The number of phenolic OH excluding ortho intramolecular Hbond substituents is 2. The summed E-state index contributed by atoms with van der Waals surface area (Å²) < 4.78 is 0. The molecule has 0 unspecified atom stereocenters. The summed E-state index contributed by atoms with van der Waals surface area (Å²) in [6.07, 6.45) is 1.82. The van der Waals surface area contributed by atoms with Gasteiger partial charge in [-0.2, -0.15) is 0 Å². The molecule has 0 fully saturated rings. The van der Waals surface area contributed by atoms with Crippen LogP contribution in [-0.4, -0.2) is 52.6 Å². The lowest BCUT2D eigenvalue weighted by atomic mass is 9.99. The van der Waals surface area contributed by atoms with Gasteiger partial charge in [-0.25, -0.2) is 0 Å². The number of benzene rings is 1. The molecule has 198 valence electrons. The van der Waals surface area contributed by atoms with Crippen molar-refractivity contribution in [3.63, 3.8) is 0 Å². The van der Waals surface area contributed by atoms with Crippen LogP contribution in [0.3, 0.4) is 0 Å². The number of carbonyl (C=O) groups excluding carboxylic acids is 3. The smallest absolute Gasteiger partial charge is 0.243 e. The summed E-state index contributed by atoms with van der Waals surface area (Å²) in [4.78, 5) is 38.6. The summed E-state index contributed by atoms with van der Waals surface area (Å²) in [5, 5.41) is 27.5. The lowest BCUT2D eigenvalue weighted by Gasteiger charge is -2.26. The van der Waals surface area contributed by atoms with Crippen LogP contribution in [0, 0.1) is 17.8 Å². The van der Waals surface area contributed by atoms with Crippen LogP contribution < -0.4 is 21.7 Å². The Bertz CT molecular complexity index is 841. The van der Waals surface area contributed by atoms with Gasteiger partial charge in [0.05, 0.1) is 6.04 Å². The Morgan fingerprint density at radius 1 is 0.771 bits per heavy atom. The van der Waals surface area contributed by atoms with E-state index in [0.717, 1.165) is 5.56 Å². The van der Waals surface area contributed by atoms with Crippen molar-refractivity contribution in [1.82, 2.24) is 16.0 Å². The fourth-order valence-corrected chi connectivity index (χ4v) is 3.75. The van der Waals surface area contributed by atoms with Crippen LogP contribution in [0.25, 0.3) is 0 Å². The van der Waals surface area contributed by atoms with Crippen molar-refractivity contribution in [2.75, 3.05) is 6.54 Å². The molecule has 7 N–H and O–H groups in total. The Hall–Kier alpha value is -2.81. The molecule has 1 rings (SSSR count). The first kappa shape index (κ1) is 30.2. The van der Waals surface area contributed by atoms with Crippen LogP contribution in [-0.2, 0) is 20.8 Å². The summed E-state index contributed by atoms with van der Waals surface area (Å²) in [6.45, 7) is 12.1. The monoisotopic (exact) mass is 492 g/mol. The van der Waals surface area contributed by atoms with Gasteiger partial charge in [-0.1, -0.05) is 47.6 Å². The molecule has 3 atom stereocenters. The minimum atomic E-state index is -0.789. The molecule has 0 aliphatic heterocycles. The zero-order valence-electron chi connectivity index (χ0n) is 21.9. The predicted molar refractivity (Wildman–Crippen MR) is 137 cm³/mol. The lowest BCUT2D eigenvalue weighted by molar-refractivity contribution is -0.133. The number of nitrogens with one attached hydrogen (secondary N) is 3. The van der Waals surface area contributed by atoms with Crippen molar-refractivity contribution < 1.29 is 24.6 Å². The van der Waals surface area contributed by atoms with Gasteiger partial charge in [0, 0.05) is 6.54 Å². The van der Waals surface area contributed by atoms with E-state index < -0.39 is 24.0 Å². The van der Waals surface area contributed by atoms with Crippen molar-refractivity contribution in [3.05, 3.63) is 23.8 Å². The van der Waals surface area contributed by atoms with Crippen LogP contribution in [0.5, 0.6) is 11.5 Å². The van der Waals surface area contributed by atoms with Crippen molar-refractivity contribution in [1.29, 1.82) is 0 Å². The SMILES string of the molecule is CC(C)C[C@@H](N)C(=O)N[C@@H](CC(C)C)C(=O)N[C@@H](CC(C)C)C(=O)NCCc1ccc(O)c(O)c1. The number of amides is 3. The number of hydrogen-bond acceptors (Lipinski definition) is 6. The second-order valence-electron chi connectivity index (χ2n) is 10.5. The van der Waals surface area contributed by atoms with E-state index in [-0.39, 0.29) is 41.1 Å². The molecule has 0 bridgehead atoms. The number of aromatic hydroxyl groups is 2. The van der Waals surface area contributed by atoms with E-state index in [0.29, 0.717) is 32.2 Å². The van der Waals surface area contributed by atoms with Gasteiger partial charge in [0.15, 0.2) is 11.5 Å². The number of phenols is 2. The predicted octanol–water partition coefficient (Wildman–Crippen LogP) is 2.19. The van der Waals surface area contributed by atoms with Gasteiger partial charge in [-0.15, -0.1) is 0 Å². The molecule has 1 aromatic rings. The highest BCUT2D eigenvalue weighted by atomic mass is 16.3. The maximum atomic E-state index is 13.1. The van der Waals surface area contributed by atoms with Gasteiger partial charge in [-0.05, 0) is 61.1 Å². The van der Waals surface area contributed by atoms with E-state index in [1.54, 1.807) is 6.07 Å². The van der Waals surface area contributed by atoms with Gasteiger partial charge >= 0.3 is 0 Å². The summed E-state index contributed by atoms with van der Waals surface area (Å²) >= 11 is 0. The minimum absolute atomic E-state index is 0.145. The fourth-order valence-electron chi connectivity index (χ4n) is 3.75. The van der Waals surface area contributed by atoms with Gasteiger partial charge in [0.25, 0.3) is 0 Å². The third-order valence-corrected chi connectivity index (χ3v) is 5.50. The van der Waals surface area contributed by atoms with Gasteiger partial charge in [0.1, 0.15) is 12.1 Å². The summed E-state index contributed by atoms with van der Waals surface area (Å²) in [5.74, 6) is -0.978. The highest BCUT2D eigenvalue weighted by Gasteiger charge is 2.29. The number of hydrogen-bond donors (Lipinski definition) is 6. The van der Waals surface area contributed by atoms with Crippen LogP contribution >= 0.6 is 0 Å². The van der Waals surface area contributed by atoms with E-state index in [2.05, 4.69) is 16.0 Å². The molecular weight excluding hydrogens is 448 g/mol. The molecule has 0 aromatic heterocycles. The fraction of sp³-hybridized carbons (Fsp3) is 0.654. The first-order valence-corrected chi connectivity index (χ1v) is 12.4. The molecule has 0 saturated carbocycles. The van der Waals surface area contributed by atoms with Gasteiger partial charge < -0.3 is 31.9 Å². The van der Waals surface area contributed by atoms with Crippen LogP contribution in [0.2, 0.25) is 0 Å². The molecule has 3 amide bonds. The quantitative estimate of drug-likeness (QED) is 0.219. The van der Waals surface area contributed by atoms with Crippen molar-refractivity contribution in [2.24, 2.45) is 23.5 Å². The molecule has 0 heterocycles. The molecule has 0 radical (unpaired) electrons. The third-order valence-electron chi connectivity index (χ3n) is 5.50. The number of rotatable bonds is 14. The Balaban J connectivity index is 2.82. The average Bonchev–Trinajstić information content (AvgIpc) is 2.73.